The van der Waals surface area contributed by atoms with Gasteiger partial charge in [0, 0.05) is 11.4 Å². The van der Waals surface area contributed by atoms with Gasteiger partial charge in [0.25, 0.3) is 11.7 Å². The Morgan fingerprint density at radius 2 is 2.19 bits per heavy atom. The van der Waals surface area contributed by atoms with Crippen LogP contribution in [0.5, 0.6) is 0 Å². The van der Waals surface area contributed by atoms with Gasteiger partial charge in [-0.3, -0.25) is 9.48 Å². The summed E-state index contributed by atoms with van der Waals surface area (Å²) in [6.45, 7) is 2.30. The minimum Gasteiger partial charge on any atom is -0.396 e. The number of aryl methyl sites for hydroxylation is 1. The number of nitrogens with two attached hydrogens (primary N) is 1. The first kappa shape index (κ1) is 15.3. The molecule has 5 nitrogen and oxygen atoms in total. The number of anilines is 2. The highest BCUT2D eigenvalue weighted by molar-refractivity contribution is 7.99. The topological polar surface area (TPSA) is 72.9 Å². The molecule has 0 atom stereocenters. The van der Waals surface area contributed by atoms with Crippen molar-refractivity contribution in [1.29, 1.82) is 0 Å². The summed E-state index contributed by atoms with van der Waals surface area (Å²) in [6, 6.07) is 6.37. The molecule has 2 rings (SSSR count). The van der Waals surface area contributed by atoms with Crippen LogP contribution in [-0.4, -0.2) is 21.4 Å². The molecule has 0 aliphatic heterocycles. The Labute approximate surface area is 124 Å². The molecule has 0 aliphatic carbocycles. The minimum atomic E-state index is -2.56. The highest BCUT2D eigenvalue weighted by Crippen LogP contribution is 2.32. The van der Waals surface area contributed by atoms with E-state index in [0.717, 1.165) is 0 Å². The number of halogens is 2. The molecule has 1 amide bonds. The van der Waals surface area contributed by atoms with E-state index in [4.69, 9.17) is 5.73 Å². The van der Waals surface area contributed by atoms with Crippen LogP contribution in [0.3, 0.4) is 0 Å². The smallest absolute Gasteiger partial charge is 0.288 e. The molecular formula is C13H14F2N4OS. The molecule has 2 aromatic rings. The number of alkyl halides is 2. The van der Waals surface area contributed by atoms with Gasteiger partial charge in [-0.25, -0.2) is 0 Å². The van der Waals surface area contributed by atoms with Crippen LogP contribution in [0.4, 0.5) is 20.2 Å². The van der Waals surface area contributed by atoms with Gasteiger partial charge in [-0.15, -0.1) is 0 Å². The molecule has 0 saturated carbocycles. The molecule has 112 valence electrons. The predicted octanol–water partition coefficient (Wildman–Crippen LogP) is 3.05. The van der Waals surface area contributed by atoms with Gasteiger partial charge in [-0.1, -0.05) is 23.9 Å². The van der Waals surface area contributed by atoms with Gasteiger partial charge < -0.3 is 11.1 Å². The van der Waals surface area contributed by atoms with Crippen LogP contribution >= 0.6 is 11.8 Å². The average Bonchev–Trinajstić information content (AvgIpc) is 2.81. The molecule has 0 bridgehead atoms. The molecular weight excluding hydrogens is 298 g/mol. The number of para-hydroxylation sites is 1. The van der Waals surface area contributed by atoms with Crippen LogP contribution in [0.2, 0.25) is 0 Å². The largest absolute Gasteiger partial charge is 0.396 e. The highest BCUT2D eigenvalue weighted by atomic mass is 32.2. The van der Waals surface area contributed by atoms with Crippen LogP contribution in [0.1, 0.15) is 17.4 Å². The van der Waals surface area contributed by atoms with E-state index in [0.29, 0.717) is 28.9 Å². The lowest BCUT2D eigenvalue weighted by molar-refractivity contribution is 0.101. The summed E-state index contributed by atoms with van der Waals surface area (Å²) in [5.74, 6) is -3.04. The third-order valence-electron chi connectivity index (χ3n) is 2.73. The number of nitrogen functional groups attached to an aromatic ring is 1. The number of benzene rings is 1. The molecule has 1 aromatic heterocycles. The summed E-state index contributed by atoms with van der Waals surface area (Å²) in [5, 5.41) is 6.57. The molecule has 0 unspecified atom stereocenters. The van der Waals surface area contributed by atoms with Crippen LogP contribution in [0, 0.1) is 0 Å². The van der Waals surface area contributed by atoms with Gasteiger partial charge in [-0.2, -0.15) is 13.9 Å². The molecule has 8 heteroatoms. The van der Waals surface area contributed by atoms with E-state index < -0.39 is 11.7 Å². The SMILES string of the molecule is CCn1ncc(N)c1C(=O)Nc1ccccc1SC(F)F. The Bertz CT molecular complexity index is 645. The first-order valence-electron chi connectivity index (χ1n) is 6.19. The minimum absolute atomic E-state index is 0.217. The number of carbonyl (C=O) groups is 1. The zero-order chi connectivity index (χ0) is 15.4. The van der Waals surface area contributed by atoms with Crippen molar-refractivity contribution in [2.24, 2.45) is 0 Å². The van der Waals surface area contributed by atoms with Crippen LogP contribution < -0.4 is 11.1 Å². The Morgan fingerprint density at radius 1 is 1.48 bits per heavy atom. The summed E-state index contributed by atoms with van der Waals surface area (Å²) in [5.41, 5.74) is 6.50. The van der Waals surface area contributed by atoms with E-state index in [1.54, 1.807) is 18.2 Å². The molecule has 0 radical (unpaired) electrons. The third kappa shape index (κ3) is 3.52. The van der Waals surface area contributed by atoms with Crippen LogP contribution in [0.15, 0.2) is 35.4 Å². The molecule has 1 heterocycles. The number of nitrogens with one attached hydrogen (secondary N) is 1. The molecule has 1 aromatic carbocycles. The quantitative estimate of drug-likeness (QED) is 0.832. The zero-order valence-electron chi connectivity index (χ0n) is 11.2. The zero-order valence-corrected chi connectivity index (χ0v) is 12.0. The second-order valence-corrected chi connectivity index (χ2v) is 5.12. The van der Waals surface area contributed by atoms with E-state index >= 15 is 0 Å². The summed E-state index contributed by atoms with van der Waals surface area (Å²) in [4.78, 5) is 12.6. The maximum Gasteiger partial charge on any atom is 0.288 e. The van der Waals surface area contributed by atoms with Crippen LogP contribution in [0.25, 0.3) is 0 Å². The number of thioether (sulfide) groups is 1. The predicted molar refractivity (Wildman–Crippen MR) is 78.6 cm³/mol. The van der Waals surface area contributed by atoms with E-state index in [-0.39, 0.29) is 11.4 Å². The van der Waals surface area contributed by atoms with Crippen molar-refractivity contribution in [3.8, 4) is 0 Å². The number of rotatable bonds is 5. The number of aromatic nitrogens is 2. The normalized spacial score (nSPS) is 10.9. The molecule has 0 spiro atoms. The van der Waals surface area contributed by atoms with E-state index in [9.17, 15) is 13.6 Å². The monoisotopic (exact) mass is 312 g/mol. The van der Waals surface area contributed by atoms with Gasteiger partial charge in [0.1, 0.15) is 5.69 Å². The number of hydrogen-bond donors (Lipinski definition) is 2. The fourth-order valence-electron chi connectivity index (χ4n) is 1.84. The lowest BCUT2D eigenvalue weighted by atomic mass is 10.3. The third-order valence-corrected chi connectivity index (χ3v) is 3.52. The Hall–Kier alpha value is -2.09. The van der Waals surface area contributed by atoms with Gasteiger partial charge >= 0.3 is 0 Å². The van der Waals surface area contributed by atoms with Crippen molar-refractivity contribution in [1.82, 2.24) is 9.78 Å². The second-order valence-electron chi connectivity index (χ2n) is 4.09. The fraction of sp³-hybridized carbons (Fsp3) is 0.231. The van der Waals surface area contributed by atoms with Gasteiger partial charge in [0.2, 0.25) is 0 Å². The van der Waals surface area contributed by atoms with Gasteiger partial charge in [-0.05, 0) is 19.1 Å². The number of hydrogen-bond acceptors (Lipinski definition) is 4. The van der Waals surface area contributed by atoms with Gasteiger partial charge in [0.15, 0.2) is 0 Å². The lowest BCUT2D eigenvalue weighted by Gasteiger charge is -2.11. The van der Waals surface area contributed by atoms with Crippen molar-refractivity contribution in [3.63, 3.8) is 0 Å². The van der Waals surface area contributed by atoms with Crippen molar-refractivity contribution in [2.75, 3.05) is 11.1 Å². The van der Waals surface area contributed by atoms with E-state index in [1.165, 1.54) is 16.9 Å². The van der Waals surface area contributed by atoms with E-state index in [1.807, 2.05) is 6.92 Å². The fourth-order valence-corrected chi connectivity index (χ4v) is 2.43. The summed E-state index contributed by atoms with van der Waals surface area (Å²) in [7, 11) is 0. The first-order chi connectivity index (χ1) is 10.0. The maximum atomic E-state index is 12.5. The number of nitrogens with zero attached hydrogens (tertiary/aromatic N) is 2. The van der Waals surface area contributed by atoms with Crippen molar-refractivity contribution >= 4 is 29.0 Å². The van der Waals surface area contributed by atoms with Crippen molar-refractivity contribution in [2.45, 2.75) is 24.1 Å². The summed E-state index contributed by atoms with van der Waals surface area (Å²) in [6.07, 6.45) is 1.39. The number of amides is 1. The Morgan fingerprint density at radius 3 is 2.86 bits per heavy atom. The molecule has 0 aliphatic rings. The molecule has 3 N–H and O–H groups in total. The molecule has 21 heavy (non-hydrogen) atoms. The maximum absolute atomic E-state index is 12.5. The Kier molecular flexibility index (Phi) is 4.79. The Balaban J connectivity index is 2.26. The standard InChI is InChI=1S/C13H14F2N4OS/c1-2-19-11(8(16)7-17-19)12(20)18-9-5-3-4-6-10(9)21-13(14)15/h3-7,13H,2,16H2,1H3,(H,18,20). The highest BCUT2D eigenvalue weighted by Gasteiger charge is 2.18. The average molecular weight is 312 g/mol. The van der Waals surface area contributed by atoms with Crippen molar-refractivity contribution < 1.29 is 13.6 Å². The first-order valence-corrected chi connectivity index (χ1v) is 7.07. The second kappa shape index (κ2) is 6.57. The number of carbonyl (C=O) groups excluding carboxylic acids is 1. The van der Waals surface area contributed by atoms with Gasteiger partial charge in [0.05, 0.1) is 17.6 Å². The lowest BCUT2D eigenvalue weighted by Crippen LogP contribution is -2.19. The van der Waals surface area contributed by atoms with Crippen LogP contribution in [-0.2, 0) is 6.54 Å². The summed E-state index contributed by atoms with van der Waals surface area (Å²) < 4.78 is 26.5. The van der Waals surface area contributed by atoms with Crippen molar-refractivity contribution in [3.05, 3.63) is 36.2 Å². The molecule has 0 saturated heterocycles. The van der Waals surface area contributed by atoms with E-state index in [2.05, 4.69) is 10.4 Å². The molecule has 0 fully saturated rings. The summed E-state index contributed by atoms with van der Waals surface area (Å²) >= 11 is 0.377.